The zero-order valence-electron chi connectivity index (χ0n) is 13.8. The normalized spacial score (nSPS) is 16.2. The zero-order chi connectivity index (χ0) is 18.0. The number of piperazine rings is 1. The van der Waals surface area contributed by atoms with Crippen LogP contribution < -0.4 is 4.90 Å². The molecular weight excluding hydrogens is 333 g/mol. The summed E-state index contributed by atoms with van der Waals surface area (Å²) in [5.41, 5.74) is -1.05. The van der Waals surface area contributed by atoms with Gasteiger partial charge < -0.3 is 9.80 Å². The number of carbonyl (C=O) groups is 1. The van der Waals surface area contributed by atoms with Gasteiger partial charge in [-0.3, -0.25) is 4.79 Å². The van der Waals surface area contributed by atoms with Crippen LogP contribution in [-0.4, -0.2) is 53.7 Å². The van der Waals surface area contributed by atoms with Gasteiger partial charge in [0.15, 0.2) is 12.0 Å². The Kier molecular flexibility index (Phi) is 4.80. The Morgan fingerprint density at radius 2 is 1.76 bits per heavy atom. The van der Waals surface area contributed by atoms with E-state index in [0.717, 1.165) is 19.6 Å². The van der Waals surface area contributed by atoms with Crippen LogP contribution >= 0.6 is 0 Å². The van der Waals surface area contributed by atoms with E-state index in [-0.39, 0.29) is 12.1 Å². The fraction of sp³-hybridized carbons (Fsp3) is 0.412. The van der Waals surface area contributed by atoms with E-state index in [2.05, 4.69) is 10.00 Å². The number of aldehydes is 1. The summed E-state index contributed by atoms with van der Waals surface area (Å²) < 4.78 is 41.3. The van der Waals surface area contributed by atoms with Crippen molar-refractivity contribution >= 4 is 12.1 Å². The average Bonchev–Trinajstić information content (AvgIpc) is 3.02. The monoisotopic (exact) mass is 352 g/mol. The van der Waals surface area contributed by atoms with Gasteiger partial charge in [-0.05, 0) is 18.7 Å². The van der Waals surface area contributed by atoms with Gasteiger partial charge in [-0.15, -0.1) is 0 Å². The van der Waals surface area contributed by atoms with Crippen LogP contribution in [0.5, 0.6) is 0 Å². The summed E-state index contributed by atoms with van der Waals surface area (Å²) in [6.07, 6.45) is -4.42. The molecule has 0 bridgehead atoms. The van der Waals surface area contributed by atoms with Gasteiger partial charge in [-0.1, -0.05) is 25.1 Å². The lowest BCUT2D eigenvalue weighted by atomic mass is 10.2. The van der Waals surface area contributed by atoms with Crippen LogP contribution in [0.15, 0.2) is 30.3 Å². The van der Waals surface area contributed by atoms with E-state index in [1.165, 1.54) is 4.68 Å². The largest absolute Gasteiger partial charge is 0.435 e. The molecule has 2 aromatic rings. The molecule has 0 saturated carbocycles. The summed E-state index contributed by atoms with van der Waals surface area (Å²) in [5, 5.41) is 3.74. The Morgan fingerprint density at radius 3 is 2.28 bits per heavy atom. The number of para-hydroxylation sites is 1. The smallest absolute Gasteiger partial charge is 0.353 e. The minimum Gasteiger partial charge on any atom is -0.353 e. The van der Waals surface area contributed by atoms with E-state index in [1.54, 1.807) is 30.3 Å². The van der Waals surface area contributed by atoms with Gasteiger partial charge in [0.1, 0.15) is 5.82 Å². The average molecular weight is 352 g/mol. The second-order valence-corrected chi connectivity index (χ2v) is 5.87. The number of hydrogen-bond donors (Lipinski definition) is 0. The topological polar surface area (TPSA) is 41.4 Å². The number of alkyl halides is 3. The number of benzene rings is 1. The third-order valence-corrected chi connectivity index (χ3v) is 4.40. The molecule has 0 spiro atoms. The highest BCUT2D eigenvalue weighted by atomic mass is 19.4. The third-order valence-electron chi connectivity index (χ3n) is 4.40. The molecule has 0 radical (unpaired) electrons. The highest BCUT2D eigenvalue weighted by Gasteiger charge is 2.40. The van der Waals surface area contributed by atoms with Crippen molar-refractivity contribution in [2.45, 2.75) is 13.1 Å². The molecule has 1 saturated heterocycles. The van der Waals surface area contributed by atoms with Crippen molar-refractivity contribution in [3.63, 3.8) is 0 Å². The van der Waals surface area contributed by atoms with Gasteiger partial charge in [0.05, 0.1) is 11.3 Å². The molecule has 1 aromatic heterocycles. The van der Waals surface area contributed by atoms with Crippen molar-refractivity contribution in [3.8, 4) is 5.69 Å². The Labute approximate surface area is 143 Å². The number of nitrogens with zero attached hydrogens (tertiary/aromatic N) is 4. The summed E-state index contributed by atoms with van der Waals surface area (Å²) in [7, 11) is 0. The van der Waals surface area contributed by atoms with Gasteiger partial charge in [0.25, 0.3) is 0 Å². The van der Waals surface area contributed by atoms with Gasteiger partial charge in [-0.2, -0.15) is 18.3 Å². The quantitative estimate of drug-likeness (QED) is 0.794. The number of halogens is 3. The second kappa shape index (κ2) is 6.87. The first-order valence-electron chi connectivity index (χ1n) is 8.13. The minimum atomic E-state index is -4.68. The molecule has 8 heteroatoms. The fourth-order valence-electron chi connectivity index (χ4n) is 3.07. The van der Waals surface area contributed by atoms with Gasteiger partial charge in [0.2, 0.25) is 0 Å². The van der Waals surface area contributed by atoms with Crippen LogP contribution in [0.1, 0.15) is 23.0 Å². The molecule has 2 heterocycles. The van der Waals surface area contributed by atoms with Crippen LogP contribution in [0.2, 0.25) is 0 Å². The van der Waals surface area contributed by atoms with E-state index in [9.17, 15) is 18.0 Å². The molecule has 1 aliphatic rings. The maximum atomic E-state index is 13.4. The van der Waals surface area contributed by atoms with Gasteiger partial charge in [-0.25, -0.2) is 4.68 Å². The first-order chi connectivity index (χ1) is 12.0. The van der Waals surface area contributed by atoms with Crippen LogP contribution in [0.3, 0.4) is 0 Å². The highest BCUT2D eigenvalue weighted by Crippen LogP contribution is 2.36. The molecule has 0 aliphatic carbocycles. The molecule has 1 aromatic carbocycles. The molecule has 0 amide bonds. The molecule has 1 fully saturated rings. The summed E-state index contributed by atoms with van der Waals surface area (Å²) in [6.45, 7) is 5.49. The van der Waals surface area contributed by atoms with Crippen LogP contribution in [0.4, 0.5) is 19.0 Å². The first kappa shape index (κ1) is 17.5. The number of likely N-dealkylation sites (N-methyl/N-ethyl adjacent to an activating group) is 1. The molecule has 25 heavy (non-hydrogen) atoms. The SMILES string of the molecule is CCN1CCN(c2c(C=O)c(C(F)(F)F)nn2-c2ccccc2)CC1. The summed E-state index contributed by atoms with van der Waals surface area (Å²) in [5.74, 6) is 0.212. The molecule has 3 rings (SSSR count). The Balaban J connectivity index is 2.11. The Bertz CT molecular complexity index is 734. The highest BCUT2D eigenvalue weighted by molar-refractivity contribution is 5.86. The molecule has 5 nitrogen and oxygen atoms in total. The van der Waals surface area contributed by atoms with E-state index in [0.29, 0.717) is 18.8 Å². The lowest BCUT2D eigenvalue weighted by molar-refractivity contribution is -0.141. The van der Waals surface area contributed by atoms with Gasteiger partial charge >= 0.3 is 6.18 Å². The molecule has 0 atom stereocenters. The molecule has 1 aliphatic heterocycles. The molecule has 0 unspecified atom stereocenters. The lowest BCUT2D eigenvalue weighted by Gasteiger charge is -2.35. The number of anilines is 1. The van der Waals surface area contributed by atoms with E-state index >= 15 is 0 Å². The molecular formula is C17H19F3N4O. The summed E-state index contributed by atoms with van der Waals surface area (Å²) >= 11 is 0. The summed E-state index contributed by atoms with van der Waals surface area (Å²) in [4.78, 5) is 15.5. The van der Waals surface area contributed by atoms with Crippen molar-refractivity contribution in [1.82, 2.24) is 14.7 Å². The number of carbonyl (C=O) groups excluding carboxylic acids is 1. The number of aromatic nitrogens is 2. The predicted molar refractivity (Wildman–Crippen MR) is 88.3 cm³/mol. The standard InChI is InChI=1S/C17H19F3N4O/c1-2-22-8-10-23(11-9-22)16-14(12-25)15(17(18,19)20)21-24(16)13-6-4-3-5-7-13/h3-7,12H,2,8-11H2,1H3. The summed E-state index contributed by atoms with van der Waals surface area (Å²) in [6, 6.07) is 8.58. The van der Waals surface area contributed by atoms with Crippen molar-refractivity contribution in [2.75, 3.05) is 37.6 Å². The van der Waals surface area contributed by atoms with Crippen LogP contribution in [-0.2, 0) is 6.18 Å². The maximum Gasteiger partial charge on any atom is 0.435 e. The zero-order valence-corrected chi connectivity index (χ0v) is 13.8. The van der Waals surface area contributed by atoms with Crippen molar-refractivity contribution < 1.29 is 18.0 Å². The third kappa shape index (κ3) is 3.39. The van der Waals surface area contributed by atoms with Crippen molar-refractivity contribution in [2.24, 2.45) is 0 Å². The first-order valence-corrected chi connectivity index (χ1v) is 8.13. The van der Waals surface area contributed by atoms with Gasteiger partial charge in [0, 0.05) is 26.2 Å². The molecule has 134 valence electrons. The van der Waals surface area contributed by atoms with Crippen molar-refractivity contribution in [1.29, 1.82) is 0 Å². The molecule has 0 N–H and O–H groups in total. The Hall–Kier alpha value is -2.35. The number of hydrogen-bond acceptors (Lipinski definition) is 4. The predicted octanol–water partition coefficient (Wildman–Crippen LogP) is 2.85. The second-order valence-electron chi connectivity index (χ2n) is 5.87. The Morgan fingerprint density at radius 1 is 1.12 bits per heavy atom. The van der Waals surface area contributed by atoms with E-state index in [1.807, 2.05) is 11.8 Å². The fourth-order valence-corrected chi connectivity index (χ4v) is 3.07. The minimum absolute atomic E-state index is 0.212. The maximum absolute atomic E-state index is 13.4. The van der Waals surface area contributed by atoms with Crippen LogP contribution in [0.25, 0.3) is 5.69 Å². The van der Waals surface area contributed by atoms with E-state index < -0.39 is 17.4 Å². The van der Waals surface area contributed by atoms with E-state index in [4.69, 9.17) is 0 Å². The van der Waals surface area contributed by atoms with Crippen LogP contribution in [0, 0.1) is 0 Å². The van der Waals surface area contributed by atoms with Crippen molar-refractivity contribution in [3.05, 3.63) is 41.6 Å². The lowest BCUT2D eigenvalue weighted by Crippen LogP contribution is -2.47. The number of rotatable bonds is 4.